The summed E-state index contributed by atoms with van der Waals surface area (Å²) in [5.74, 6) is 0.854. The Bertz CT molecular complexity index is 965. The van der Waals surface area contributed by atoms with Gasteiger partial charge in [0.05, 0.1) is 22.2 Å². The second kappa shape index (κ2) is 7.20. The number of hydrogen-bond acceptors (Lipinski definition) is 6. The van der Waals surface area contributed by atoms with E-state index in [1.165, 1.54) is 6.07 Å². The molecule has 0 bridgehead atoms. The molecular weight excluding hydrogens is 386 g/mol. The van der Waals surface area contributed by atoms with E-state index < -0.39 is 4.92 Å². The molecule has 0 saturated heterocycles. The van der Waals surface area contributed by atoms with Crippen molar-refractivity contribution in [2.45, 2.75) is 19.4 Å². The summed E-state index contributed by atoms with van der Waals surface area (Å²) < 4.78 is 11.0. The van der Waals surface area contributed by atoms with Gasteiger partial charge in [0.25, 0.3) is 5.69 Å². The average molecular weight is 404 g/mol. The Labute approximate surface area is 166 Å². The van der Waals surface area contributed by atoms with E-state index in [4.69, 9.17) is 21.1 Å². The third-order valence-corrected chi connectivity index (χ3v) is 5.16. The van der Waals surface area contributed by atoms with Crippen LogP contribution in [0.5, 0.6) is 11.5 Å². The molecule has 1 atom stereocenters. The number of ether oxygens (including phenoxy) is 2. The number of rotatable bonds is 4. The number of nitrogens with zero attached hydrogens (tertiary/aromatic N) is 2. The normalized spacial score (nSPS) is 17.2. The molecule has 0 saturated carbocycles. The number of anilines is 2. The first kappa shape index (κ1) is 18.4. The van der Waals surface area contributed by atoms with Gasteiger partial charge in [0.2, 0.25) is 5.91 Å². The van der Waals surface area contributed by atoms with Crippen molar-refractivity contribution in [2.75, 3.05) is 30.0 Å². The van der Waals surface area contributed by atoms with Crippen molar-refractivity contribution in [1.82, 2.24) is 0 Å². The number of fused-ring (bicyclic) bond motifs is 2. The summed E-state index contributed by atoms with van der Waals surface area (Å²) in [5, 5.41) is 14.2. The van der Waals surface area contributed by atoms with Crippen molar-refractivity contribution in [3.63, 3.8) is 0 Å². The Morgan fingerprint density at radius 2 is 2.00 bits per heavy atom. The van der Waals surface area contributed by atoms with Gasteiger partial charge in [-0.25, -0.2) is 0 Å². The molecule has 0 radical (unpaired) electrons. The zero-order chi connectivity index (χ0) is 19.8. The number of hydrogen-bond donors (Lipinski definition) is 1. The average Bonchev–Trinajstić information content (AvgIpc) is 2.97. The van der Waals surface area contributed by atoms with Crippen LogP contribution in [0.1, 0.15) is 12.5 Å². The van der Waals surface area contributed by atoms with Crippen LogP contribution in [0.3, 0.4) is 0 Å². The fraction of sp³-hybridized carbons (Fsp3) is 0.316. The van der Waals surface area contributed by atoms with Gasteiger partial charge in [-0.3, -0.25) is 14.9 Å². The quantitative estimate of drug-likeness (QED) is 0.621. The Morgan fingerprint density at radius 1 is 1.29 bits per heavy atom. The lowest BCUT2D eigenvalue weighted by atomic mass is 10.1. The molecule has 9 heteroatoms. The highest BCUT2D eigenvalue weighted by molar-refractivity contribution is 6.34. The van der Waals surface area contributed by atoms with Crippen LogP contribution in [0.4, 0.5) is 17.1 Å². The number of nitrogens with one attached hydrogen (secondary N) is 1. The van der Waals surface area contributed by atoms with E-state index in [0.717, 1.165) is 11.3 Å². The lowest BCUT2D eigenvalue weighted by Gasteiger charge is -2.24. The zero-order valence-corrected chi connectivity index (χ0v) is 15.9. The van der Waals surface area contributed by atoms with Crippen molar-refractivity contribution in [3.8, 4) is 11.5 Å². The van der Waals surface area contributed by atoms with Gasteiger partial charge in [0.15, 0.2) is 11.5 Å². The highest BCUT2D eigenvalue weighted by Crippen LogP contribution is 2.38. The third kappa shape index (κ3) is 3.43. The lowest BCUT2D eigenvalue weighted by Crippen LogP contribution is -2.37. The number of nitro benzene ring substituents is 1. The van der Waals surface area contributed by atoms with Gasteiger partial charge in [0.1, 0.15) is 13.2 Å². The second-order valence-corrected chi connectivity index (χ2v) is 7.18. The molecule has 2 heterocycles. The fourth-order valence-electron chi connectivity index (χ4n) is 3.54. The molecule has 1 N–H and O–H groups in total. The summed E-state index contributed by atoms with van der Waals surface area (Å²) >= 11 is 6.25. The zero-order valence-electron chi connectivity index (χ0n) is 15.1. The number of nitro groups is 1. The summed E-state index contributed by atoms with van der Waals surface area (Å²) in [6.07, 6.45) is 0.648. The molecule has 0 aromatic heterocycles. The molecule has 1 amide bonds. The second-order valence-electron chi connectivity index (χ2n) is 6.78. The molecule has 2 aliphatic heterocycles. The van der Waals surface area contributed by atoms with Crippen LogP contribution in [0.25, 0.3) is 0 Å². The predicted molar refractivity (Wildman–Crippen MR) is 105 cm³/mol. The van der Waals surface area contributed by atoms with E-state index in [1.54, 1.807) is 24.3 Å². The minimum Gasteiger partial charge on any atom is -0.486 e. The molecule has 146 valence electrons. The maximum absolute atomic E-state index is 12.6. The van der Waals surface area contributed by atoms with Crippen molar-refractivity contribution < 1.29 is 19.2 Å². The molecule has 0 fully saturated rings. The van der Waals surface area contributed by atoms with Crippen LogP contribution in [-0.2, 0) is 11.2 Å². The van der Waals surface area contributed by atoms with Crippen LogP contribution >= 0.6 is 11.6 Å². The highest BCUT2D eigenvalue weighted by atomic mass is 35.5. The number of benzene rings is 2. The summed E-state index contributed by atoms with van der Waals surface area (Å²) in [4.78, 5) is 25.1. The Kier molecular flexibility index (Phi) is 4.72. The van der Waals surface area contributed by atoms with Crippen molar-refractivity contribution in [2.24, 2.45) is 0 Å². The minimum atomic E-state index is -0.413. The van der Waals surface area contributed by atoms with Crippen molar-refractivity contribution >= 4 is 34.6 Å². The summed E-state index contributed by atoms with van der Waals surface area (Å²) in [7, 11) is 0. The number of non-ortho nitro benzene ring substituents is 1. The minimum absolute atomic E-state index is 0.0542. The van der Waals surface area contributed by atoms with Crippen LogP contribution in [0.2, 0.25) is 5.02 Å². The Hall–Kier alpha value is -3.00. The van der Waals surface area contributed by atoms with Gasteiger partial charge in [0, 0.05) is 36.0 Å². The van der Waals surface area contributed by atoms with Gasteiger partial charge in [-0.1, -0.05) is 11.6 Å². The van der Waals surface area contributed by atoms with Gasteiger partial charge < -0.3 is 19.7 Å². The first-order valence-corrected chi connectivity index (χ1v) is 9.23. The molecule has 2 aliphatic rings. The van der Waals surface area contributed by atoms with E-state index >= 15 is 0 Å². The number of carbonyl (C=O) groups excluding carboxylic acids is 1. The molecule has 28 heavy (non-hydrogen) atoms. The van der Waals surface area contributed by atoms with Gasteiger partial charge in [-0.15, -0.1) is 0 Å². The maximum Gasteiger partial charge on any atom is 0.269 e. The van der Waals surface area contributed by atoms with Crippen LogP contribution in [-0.4, -0.2) is 36.6 Å². The van der Waals surface area contributed by atoms with Crippen LogP contribution < -0.4 is 19.7 Å². The van der Waals surface area contributed by atoms with Crippen LogP contribution in [0, 0.1) is 10.1 Å². The number of halogens is 1. The molecule has 4 rings (SSSR count). The van der Waals surface area contributed by atoms with Crippen LogP contribution in [0.15, 0.2) is 30.3 Å². The topological polar surface area (TPSA) is 93.9 Å². The molecule has 2 aromatic rings. The molecule has 0 spiro atoms. The third-order valence-electron chi connectivity index (χ3n) is 4.85. The van der Waals surface area contributed by atoms with E-state index in [1.807, 2.05) is 11.8 Å². The molecule has 2 aromatic carbocycles. The van der Waals surface area contributed by atoms with Gasteiger partial charge in [-0.05, 0) is 25.0 Å². The van der Waals surface area contributed by atoms with E-state index in [0.29, 0.717) is 41.8 Å². The van der Waals surface area contributed by atoms with Crippen molar-refractivity contribution in [1.29, 1.82) is 0 Å². The Balaban J connectivity index is 1.50. The number of carbonyl (C=O) groups is 1. The standard InChI is InChI=1S/C19H18ClN3O5/c1-11-6-12-7-13(23(25)26)2-3-16(12)22(11)10-19(24)21-15-9-18-17(8-14(15)20)27-4-5-28-18/h2-3,7-9,11H,4-6,10H2,1H3,(H,21,24). The van der Waals surface area contributed by atoms with Crippen molar-refractivity contribution in [3.05, 3.63) is 51.0 Å². The first-order valence-electron chi connectivity index (χ1n) is 8.85. The lowest BCUT2D eigenvalue weighted by molar-refractivity contribution is -0.384. The van der Waals surface area contributed by atoms with Gasteiger partial charge >= 0.3 is 0 Å². The summed E-state index contributed by atoms with van der Waals surface area (Å²) in [6.45, 7) is 2.99. The van der Waals surface area contributed by atoms with E-state index in [2.05, 4.69) is 5.32 Å². The fourth-order valence-corrected chi connectivity index (χ4v) is 3.74. The Morgan fingerprint density at radius 3 is 2.71 bits per heavy atom. The predicted octanol–water partition coefficient (Wildman–Crippen LogP) is 3.41. The summed E-state index contributed by atoms with van der Waals surface area (Å²) in [5.41, 5.74) is 2.21. The largest absolute Gasteiger partial charge is 0.486 e. The maximum atomic E-state index is 12.6. The molecule has 1 unspecified atom stereocenters. The summed E-state index contributed by atoms with van der Waals surface area (Å²) in [6, 6.07) is 8.05. The number of amides is 1. The SMILES string of the molecule is CC1Cc2cc([N+](=O)[O-])ccc2N1CC(=O)Nc1cc2c(cc1Cl)OCCO2. The first-order chi connectivity index (χ1) is 13.4. The molecule has 0 aliphatic carbocycles. The van der Waals surface area contributed by atoms with E-state index in [9.17, 15) is 14.9 Å². The highest BCUT2D eigenvalue weighted by Gasteiger charge is 2.29. The smallest absolute Gasteiger partial charge is 0.269 e. The monoisotopic (exact) mass is 403 g/mol. The van der Waals surface area contributed by atoms with Gasteiger partial charge in [-0.2, -0.15) is 0 Å². The molecular formula is C19H18ClN3O5. The van der Waals surface area contributed by atoms with E-state index in [-0.39, 0.29) is 24.2 Å². The molecule has 8 nitrogen and oxygen atoms in total.